The van der Waals surface area contributed by atoms with Crippen LogP contribution in [0.4, 0.5) is 5.69 Å². The van der Waals surface area contributed by atoms with Gasteiger partial charge in [0.1, 0.15) is 4.32 Å². The maximum Gasteiger partial charge on any atom is 0.266 e. The first-order valence-corrected chi connectivity index (χ1v) is 11.0. The molecule has 0 saturated carbocycles. The normalized spacial score (nSPS) is 15.7. The number of benzene rings is 2. The van der Waals surface area contributed by atoms with E-state index in [9.17, 15) is 9.59 Å². The largest absolute Gasteiger partial charge is 0.326 e. The highest BCUT2D eigenvalue weighted by atomic mass is 32.2. The summed E-state index contributed by atoms with van der Waals surface area (Å²) in [4.78, 5) is 27.1. The Labute approximate surface area is 187 Å². The Morgan fingerprint density at radius 3 is 2.53 bits per heavy atom. The third-order valence-corrected chi connectivity index (χ3v) is 5.92. The molecule has 1 heterocycles. The Bertz CT molecular complexity index is 996. The minimum Gasteiger partial charge on any atom is -0.326 e. The Morgan fingerprint density at radius 2 is 1.83 bits per heavy atom. The van der Waals surface area contributed by atoms with Crippen LogP contribution in [-0.4, -0.2) is 27.6 Å². The van der Waals surface area contributed by atoms with Gasteiger partial charge in [-0.3, -0.25) is 14.5 Å². The number of thiocarbonyl (C=S) groups is 1. The summed E-state index contributed by atoms with van der Waals surface area (Å²) in [6.07, 6.45) is 4.78. The van der Waals surface area contributed by atoms with Crippen LogP contribution in [0.2, 0.25) is 0 Å². The zero-order valence-electron chi connectivity index (χ0n) is 17.1. The minimum atomic E-state index is -0.0928. The van der Waals surface area contributed by atoms with E-state index < -0.39 is 0 Å². The summed E-state index contributed by atoms with van der Waals surface area (Å²) >= 11 is 6.69. The molecular weight excluding hydrogens is 412 g/mol. The molecule has 154 valence electrons. The van der Waals surface area contributed by atoms with Gasteiger partial charge in [0.25, 0.3) is 5.91 Å². The molecule has 0 bridgehead atoms. The van der Waals surface area contributed by atoms with E-state index >= 15 is 0 Å². The fraction of sp³-hybridized carbons (Fsp3) is 0.208. The number of aryl methyl sites for hydroxylation is 1. The summed E-state index contributed by atoms with van der Waals surface area (Å²) in [5.41, 5.74) is 3.99. The number of carbonyl (C=O) groups excluding carboxylic acids is 2. The Morgan fingerprint density at radius 1 is 1.13 bits per heavy atom. The molecule has 0 unspecified atom stereocenters. The van der Waals surface area contributed by atoms with E-state index in [-0.39, 0.29) is 11.8 Å². The molecule has 2 aromatic rings. The SMILES string of the molecule is CC(=Cc1ccccc1)C=C1SC(=S)N(CCCC(=O)Nc2ccc(C)cc2)C1=O. The van der Waals surface area contributed by atoms with E-state index in [4.69, 9.17) is 12.2 Å². The summed E-state index contributed by atoms with van der Waals surface area (Å²) in [6.45, 7) is 4.40. The van der Waals surface area contributed by atoms with Crippen molar-refractivity contribution >= 4 is 51.9 Å². The second-order valence-electron chi connectivity index (χ2n) is 7.15. The van der Waals surface area contributed by atoms with Gasteiger partial charge in [0.2, 0.25) is 5.91 Å². The van der Waals surface area contributed by atoms with E-state index in [0.29, 0.717) is 28.6 Å². The molecule has 2 aromatic carbocycles. The van der Waals surface area contributed by atoms with Gasteiger partial charge in [0.15, 0.2) is 0 Å². The fourth-order valence-electron chi connectivity index (χ4n) is 3.01. The average Bonchev–Trinajstić information content (AvgIpc) is 2.97. The lowest BCUT2D eigenvalue weighted by Crippen LogP contribution is -2.29. The number of hydrogen-bond acceptors (Lipinski definition) is 4. The van der Waals surface area contributed by atoms with Crippen molar-refractivity contribution in [1.29, 1.82) is 0 Å². The number of rotatable bonds is 7. The minimum absolute atomic E-state index is 0.0681. The van der Waals surface area contributed by atoms with Gasteiger partial charge < -0.3 is 5.32 Å². The molecular formula is C24H24N2O2S2. The van der Waals surface area contributed by atoms with Crippen molar-refractivity contribution in [2.45, 2.75) is 26.7 Å². The first kappa shape index (κ1) is 22.0. The maximum absolute atomic E-state index is 12.7. The summed E-state index contributed by atoms with van der Waals surface area (Å²) < 4.78 is 0.540. The summed E-state index contributed by atoms with van der Waals surface area (Å²) in [6, 6.07) is 17.6. The molecule has 6 heteroatoms. The highest BCUT2D eigenvalue weighted by Gasteiger charge is 2.31. The molecule has 1 aliphatic rings. The van der Waals surface area contributed by atoms with Crippen LogP contribution in [-0.2, 0) is 9.59 Å². The first-order chi connectivity index (χ1) is 14.4. The lowest BCUT2D eigenvalue weighted by atomic mass is 10.1. The molecule has 4 nitrogen and oxygen atoms in total. The van der Waals surface area contributed by atoms with E-state index in [0.717, 1.165) is 22.4 Å². The molecule has 1 fully saturated rings. The Balaban J connectivity index is 1.52. The van der Waals surface area contributed by atoms with E-state index in [1.165, 1.54) is 11.8 Å². The van der Waals surface area contributed by atoms with Crippen molar-refractivity contribution in [3.8, 4) is 0 Å². The standard InChI is InChI=1S/C24H24N2O2S2/c1-17-10-12-20(13-11-17)25-22(27)9-6-14-26-23(28)21(30-24(26)29)16-18(2)15-19-7-4-3-5-8-19/h3-5,7-8,10-13,15-16H,6,9,14H2,1-2H3,(H,25,27). The number of carbonyl (C=O) groups is 2. The van der Waals surface area contributed by atoms with Crippen LogP contribution in [0.3, 0.4) is 0 Å². The third-order valence-electron chi connectivity index (χ3n) is 4.55. The third kappa shape index (κ3) is 6.15. The summed E-state index contributed by atoms with van der Waals surface area (Å²) in [5, 5.41) is 2.88. The average molecular weight is 437 g/mol. The van der Waals surface area contributed by atoms with Crippen LogP contribution in [0.15, 0.2) is 71.2 Å². The van der Waals surface area contributed by atoms with Crippen LogP contribution in [0.1, 0.15) is 30.9 Å². The second-order valence-corrected chi connectivity index (χ2v) is 8.83. The quantitative estimate of drug-likeness (QED) is 0.456. The summed E-state index contributed by atoms with van der Waals surface area (Å²) in [7, 11) is 0. The molecule has 0 atom stereocenters. The van der Waals surface area contributed by atoms with Gasteiger partial charge >= 0.3 is 0 Å². The van der Waals surface area contributed by atoms with Gasteiger partial charge in [-0.2, -0.15) is 0 Å². The lowest BCUT2D eigenvalue weighted by molar-refractivity contribution is -0.122. The molecule has 0 aliphatic carbocycles. The highest BCUT2D eigenvalue weighted by Crippen LogP contribution is 2.32. The molecule has 0 spiro atoms. The predicted molar refractivity (Wildman–Crippen MR) is 129 cm³/mol. The van der Waals surface area contributed by atoms with Crippen LogP contribution in [0.25, 0.3) is 6.08 Å². The molecule has 1 aliphatic heterocycles. The second kappa shape index (κ2) is 10.4. The molecule has 1 saturated heterocycles. The van der Waals surface area contributed by atoms with Crippen LogP contribution >= 0.6 is 24.0 Å². The smallest absolute Gasteiger partial charge is 0.266 e. The Hall–Kier alpha value is -2.70. The van der Waals surface area contributed by atoms with Gasteiger partial charge in [0, 0.05) is 18.7 Å². The molecule has 1 N–H and O–H groups in total. The van der Waals surface area contributed by atoms with Gasteiger partial charge in [-0.15, -0.1) is 0 Å². The summed E-state index contributed by atoms with van der Waals surface area (Å²) in [5.74, 6) is -0.161. The van der Waals surface area contributed by atoms with Crippen LogP contribution in [0.5, 0.6) is 0 Å². The highest BCUT2D eigenvalue weighted by molar-refractivity contribution is 8.26. The first-order valence-electron chi connectivity index (χ1n) is 9.77. The zero-order valence-corrected chi connectivity index (χ0v) is 18.7. The number of hydrogen-bond donors (Lipinski definition) is 1. The van der Waals surface area contributed by atoms with Crippen molar-refractivity contribution in [3.05, 3.63) is 82.3 Å². The number of amides is 2. The topological polar surface area (TPSA) is 49.4 Å². The Kier molecular flexibility index (Phi) is 7.60. The zero-order chi connectivity index (χ0) is 21.5. The monoisotopic (exact) mass is 436 g/mol. The number of allylic oxidation sites excluding steroid dienone is 2. The molecule has 2 amide bonds. The van der Waals surface area contributed by atoms with Crippen molar-refractivity contribution in [3.63, 3.8) is 0 Å². The van der Waals surface area contributed by atoms with E-state index in [1.54, 1.807) is 4.90 Å². The van der Waals surface area contributed by atoms with Crippen molar-refractivity contribution < 1.29 is 9.59 Å². The maximum atomic E-state index is 12.7. The van der Waals surface area contributed by atoms with Crippen molar-refractivity contribution in [1.82, 2.24) is 4.90 Å². The van der Waals surface area contributed by atoms with E-state index in [1.807, 2.05) is 80.6 Å². The number of thioether (sulfide) groups is 1. The fourth-order valence-corrected chi connectivity index (χ4v) is 4.37. The molecule has 30 heavy (non-hydrogen) atoms. The van der Waals surface area contributed by atoms with Crippen LogP contribution in [0, 0.1) is 6.92 Å². The predicted octanol–water partition coefficient (Wildman–Crippen LogP) is 5.56. The number of nitrogens with zero attached hydrogens (tertiary/aromatic N) is 1. The number of nitrogens with one attached hydrogen (secondary N) is 1. The molecule has 3 rings (SSSR count). The molecule has 0 radical (unpaired) electrons. The van der Waals surface area contributed by atoms with E-state index in [2.05, 4.69) is 5.32 Å². The van der Waals surface area contributed by atoms with Gasteiger partial charge in [-0.05, 0) is 49.6 Å². The lowest BCUT2D eigenvalue weighted by Gasteiger charge is -2.14. The van der Waals surface area contributed by atoms with Crippen LogP contribution < -0.4 is 5.32 Å². The molecule has 0 aromatic heterocycles. The van der Waals surface area contributed by atoms with Crippen molar-refractivity contribution in [2.75, 3.05) is 11.9 Å². The van der Waals surface area contributed by atoms with Gasteiger partial charge in [-0.1, -0.05) is 78.1 Å². The number of anilines is 1. The van der Waals surface area contributed by atoms with Crippen molar-refractivity contribution in [2.24, 2.45) is 0 Å². The van der Waals surface area contributed by atoms with Gasteiger partial charge in [-0.25, -0.2) is 0 Å². The van der Waals surface area contributed by atoms with Gasteiger partial charge in [0.05, 0.1) is 4.91 Å².